The zero-order chi connectivity index (χ0) is 26.6. The van der Waals surface area contributed by atoms with E-state index in [-0.39, 0.29) is 18.1 Å². The van der Waals surface area contributed by atoms with Crippen molar-refractivity contribution in [2.45, 2.75) is 52.2 Å². The molecule has 1 fully saturated rings. The molecule has 0 aliphatic carbocycles. The van der Waals surface area contributed by atoms with Crippen molar-refractivity contribution in [2.75, 3.05) is 24.5 Å². The maximum absolute atomic E-state index is 13.6. The predicted octanol–water partition coefficient (Wildman–Crippen LogP) is 5.22. The third-order valence-electron chi connectivity index (χ3n) is 7.10. The minimum absolute atomic E-state index is 0.00798. The first kappa shape index (κ1) is 26.3. The number of benzene rings is 2. The number of aryl methyl sites for hydroxylation is 2. The lowest BCUT2D eigenvalue weighted by atomic mass is 10.0. The van der Waals surface area contributed by atoms with Gasteiger partial charge >= 0.3 is 0 Å². The Labute approximate surface area is 226 Å². The van der Waals surface area contributed by atoms with Crippen molar-refractivity contribution in [1.29, 1.82) is 0 Å². The van der Waals surface area contributed by atoms with E-state index in [1.807, 2.05) is 23.3 Å². The second kappa shape index (κ2) is 11.6. The summed E-state index contributed by atoms with van der Waals surface area (Å²) in [5, 5.41) is 14.3. The van der Waals surface area contributed by atoms with Crippen molar-refractivity contribution < 1.29 is 14.3 Å². The van der Waals surface area contributed by atoms with Gasteiger partial charge in [0.25, 0.3) is 0 Å². The smallest absolute Gasteiger partial charge is 0.228 e. The maximum Gasteiger partial charge on any atom is 0.228 e. The van der Waals surface area contributed by atoms with Crippen molar-refractivity contribution in [1.82, 2.24) is 14.9 Å². The molecule has 1 aliphatic heterocycles. The van der Waals surface area contributed by atoms with E-state index in [2.05, 4.69) is 35.0 Å². The summed E-state index contributed by atoms with van der Waals surface area (Å²) in [6.07, 6.45) is 2.12. The average molecular weight is 533 g/mol. The van der Waals surface area contributed by atoms with E-state index >= 15 is 0 Å². The number of para-hydroxylation sites is 1. The minimum atomic E-state index is -0.393. The molecule has 1 atom stereocenters. The molecule has 5 rings (SSSR count). The fourth-order valence-corrected chi connectivity index (χ4v) is 5.70. The van der Waals surface area contributed by atoms with E-state index < -0.39 is 6.10 Å². The highest BCUT2D eigenvalue weighted by molar-refractivity contribution is 7.09. The Morgan fingerprint density at radius 1 is 1.18 bits per heavy atom. The predicted molar refractivity (Wildman–Crippen MR) is 150 cm³/mol. The van der Waals surface area contributed by atoms with E-state index in [9.17, 15) is 14.3 Å². The van der Waals surface area contributed by atoms with Crippen LogP contribution in [0.15, 0.2) is 53.9 Å². The molecule has 1 saturated heterocycles. The van der Waals surface area contributed by atoms with Gasteiger partial charge in [-0.1, -0.05) is 30.3 Å². The lowest BCUT2D eigenvalue weighted by Gasteiger charge is -2.33. The van der Waals surface area contributed by atoms with Crippen LogP contribution in [0.5, 0.6) is 0 Å². The molecule has 198 valence electrons. The first-order valence-corrected chi connectivity index (χ1v) is 14.0. The number of thiazole rings is 1. The number of amides is 1. The summed E-state index contributed by atoms with van der Waals surface area (Å²) in [5.74, 6) is 0.549. The van der Waals surface area contributed by atoms with Gasteiger partial charge in [-0.2, -0.15) is 0 Å². The molecule has 0 saturated carbocycles. The third kappa shape index (κ3) is 6.19. The van der Waals surface area contributed by atoms with E-state index in [1.165, 1.54) is 12.1 Å². The van der Waals surface area contributed by atoms with Crippen LogP contribution in [0.4, 0.5) is 10.2 Å². The summed E-state index contributed by atoms with van der Waals surface area (Å²) in [6.45, 7) is 6.21. The molecular weight excluding hydrogens is 499 g/mol. The first-order chi connectivity index (χ1) is 18.4. The Bertz CT molecular complexity index is 1420. The number of aliphatic hydroxyl groups excluding tert-OH is 1. The molecule has 0 bridgehead atoms. The molecular formula is C30H33FN4O2S. The molecule has 8 heteroatoms. The summed E-state index contributed by atoms with van der Waals surface area (Å²) in [6, 6.07) is 14.7. The number of fused-ring (bicyclic) bond motifs is 1. The first-order valence-electron chi connectivity index (χ1n) is 13.1. The minimum Gasteiger partial charge on any atom is -0.391 e. The number of pyridine rings is 1. The Hall–Kier alpha value is -3.36. The van der Waals surface area contributed by atoms with Gasteiger partial charge in [-0.05, 0) is 62.4 Å². The number of hydrogen-bond donors (Lipinski definition) is 1. The zero-order valence-corrected chi connectivity index (χ0v) is 22.7. The monoisotopic (exact) mass is 532 g/mol. The van der Waals surface area contributed by atoms with Crippen molar-refractivity contribution in [3.05, 3.63) is 87.1 Å². The Morgan fingerprint density at radius 2 is 2.00 bits per heavy atom. The van der Waals surface area contributed by atoms with Crippen LogP contribution in [0, 0.1) is 19.7 Å². The number of piperidine rings is 1. The number of carbonyl (C=O) groups is 1. The number of aliphatic hydroxyl groups is 1. The van der Waals surface area contributed by atoms with Crippen LogP contribution in [-0.2, 0) is 24.2 Å². The molecule has 1 amide bonds. The average Bonchev–Trinajstić information content (AvgIpc) is 3.31. The van der Waals surface area contributed by atoms with Gasteiger partial charge < -0.3 is 14.9 Å². The number of hydrogen-bond acceptors (Lipinski definition) is 6. The lowest BCUT2D eigenvalue weighted by molar-refractivity contribution is -0.131. The number of nitrogens with zero attached hydrogens (tertiary/aromatic N) is 4. The second-order valence-electron chi connectivity index (χ2n) is 10.1. The molecule has 3 heterocycles. The van der Waals surface area contributed by atoms with Crippen LogP contribution in [0.25, 0.3) is 10.9 Å². The van der Waals surface area contributed by atoms with E-state index in [4.69, 9.17) is 4.98 Å². The molecule has 6 nitrogen and oxygen atoms in total. The second-order valence-corrected chi connectivity index (χ2v) is 11.1. The molecule has 0 radical (unpaired) electrons. The van der Waals surface area contributed by atoms with Gasteiger partial charge in [-0.3, -0.25) is 4.79 Å². The van der Waals surface area contributed by atoms with Gasteiger partial charge in [-0.25, -0.2) is 14.4 Å². The quantitative estimate of drug-likeness (QED) is 0.337. The number of carbonyl (C=O) groups excluding carboxylic acids is 1. The SMILES string of the molecule is Cc1nc(CC(=O)N(CCc2ccc(F)cc2)Cc2cc3cccc(C)c3nc2N2CCCC(O)C2)cs1. The highest BCUT2D eigenvalue weighted by Gasteiger charge is 2.24. The largest absolute Gasteiger partial charge is 0.391 e. The molecule has 1 N–H and O–H groups in total. The summed E-state index contributed by atoms with van der Waals surface area (Å²) >= 11 is 1.54. The van der Waals surface area contributed by atoms with Crippen molar-refractivity contribution in [3.63, 3.8) is 0 Å². The van der Waals surface area contributed by atoms with Crippen molar-refractivity contribution >= 4 is 34.0 Å². The summed E-state index contributed by atoms with van der Waals surface area (Å²) in [7, 11) is 0. The maximum atomic E-state index is 13.6. The van der Waals surface area contributed by atoms with Crippen LogP contribution >= 0.6 is 11.3 Å². The van der Waals surface area contributed by atoms with E-state index in [0.29, 0.717) is 26.1 Å². The van der Waals surface area contributed by atoms with Crippen LogP contribution in [0.2, 0.25) is 0 Å². The molecule has 38 heavy (non-hydrogen) atoms. The third-order valence-corrected chi connectivity index (χ3v) is 7.92. The summed E-state index contributed by atoms with van der Waals surface area (Å²) in [5.41, 5.74) is 4.74. The summed E-state index contributed by atoms with van der Waals surface area (Å²) < 4.78 is 13.5. The van der Waals surface area contributed by atoms with Gasteiger partial charge in [0, 0.05) is 42.5 Å². The van der Waals surface area contributed by atoms with Crippen molar-refractivity contribution in [2.24, 2.45) is 0 Å². The molecule has 2 aromatic carbocycles. The molecule has 1 unspecified atom stereocenters. The molecule has 2 aromatic heterocycles. The Balaban J connectivity index is 1.48. The normalized spacial score (nSPS) is 15.7. The van der Waals surface area contributed by atoms with Gasteiger partial charge in [0.2, 0.25) is 5.91 Å². The topological polar surface area (TPSA) is 69.6 Å². The van der Waals surface area contributed by atoms with Gasteiger partial charge in [0.15, 0.2) is 0 Å². The van der Waals surface area contributed by atoms with E-state index in [0.717, 1.165) is 63.5 Å². The van der Waals surface area contributed by atoms with Gasteiger partial charge in [0.05, 0.1) is 28.7 Å². The molecule has 0 spiro atoms. The number of β-amino-alcohol motifs (C(OH)–C–C–N with tert-alkyl or cyclic N) is 1. The number of halogens is 1. The lowest BCUT2D eigenvalue weighted by Crippen LogP contribution is -2.40. The number of aromatic nitrogens is 2. The van der Waals surface area contributed by atoms with E-state index in [1.54, 1.807) is 23.5 Å². The van der Waals surface area contributed by atoms with Crippen LogP contribution in [-0.4, -0.2) is 51.6 Å². The fourth-order valence-electron chi connectivity index (χ4n) is 5.09. The highest BCUT2D eigenvalue weighted by atomic mass is 32.1. The van der Waals surface area contributed by atoms with Crippen LogP contribution in [0.3, 0.4) is 0 Å². The standard InChI is InChI=1S/C30H33FN4O2S/c1-20-5-3-6-23-15-24(30(33-29(20)23)35-13-4-7-27(36)18-35)17-34(14-12-22-8-10-25(31)11-9-22)28(37)16-26-19-38-21(2)32-26/h3,5-6,8-11,15,19,27,36H,4,7,12-14,16-18H2,1-2H3. The van der Waals surface area contributed by atoms with Crippen LogP contribution in [0.1, 0.15) is 40.2 Å². The number of anilines is 1. The zero-order valence-electron chi connectivity index (χ0n) is 21.9. The molecule has 1 aliphatic rings. The molecule has 4 aromatic rings. The van der Waals surface area contributed by atoms with Crippen molar-refractivity contribution in [3.8, 4) is 0 Å². The number of rotatable bonds is 8. The van der Waals surface area contributed by atoms with Gasteiger partial charge in [0.1, 0.15) is 11.6 Å². The Kier molecular flexibility index (Phi) is 8.00. The van der Waals surface area contributed by atoms with Gasteiger partial charge in [-0.15, -0.1) is 11.3 Å². The van der Waals surface area contributed by atoms with Crippen LogP contribution < -0.4 is 4.90 Å². The Morgan fingerprint density at radius 3 is 2.74 bits per heavy atom. The highest BCUT2D eigenvalue weighted by Crippen LogP contribution is 2.29. The fraction of sp³-hybridized carbons (Fsp3) is 0.367. The summed E-state index contributed by atoms with van der Waals surface area (Å²) in [4.78, 5) is 27.2.